The highest BCUT2D eigenvalue weighted by molar-refractivity contribution is 5.47. The number of benzene rings is 1. The van der Waals surface area contributed by atoms with E-state index in [1.165, 1.54) is 5.56 Å². The van der Waals surface area contributed by atoms with Crippen LogP contribution in [0.15, 0.2) is 48.8 Å². The highest BCUT2D eigenvalue weighted by atomic mass is 16.5. The van der Waals surface area contributed by atoms with Crippen molar-refractivity contribution in [3.8, 4) is 11.8 Å². The van der Waals surface area contributed by atoms with Crippen LogP contribution in [0.2, 0.25) is 0 Å². The number of imidazole rings is 1. The molecule has 0 bridgehead atoms. The van der Waals surface area contributed by atoms with Gasteiger partial charge in [-0.3, -0.25) is 0 Å². The summed E-state index contributed by atoms with van der Waals surface area (Å²) in [6.45, 7) is 4.28. The van der Waals surface area contributed by atoms with Crippen molar-refractivity contribution >= 4 is 5.65 Å². The van der Waals surface area contributed by atoms with Gasteiger partial charge < -0.3 is 14.5 Å². The molecule has 1 aromatic carbocycles. The van der Waals surface area contributed by atoms with Gasteiger partial charge in [0.2, 0.25) is 0 Å². The van der Waals surface area contributed by atoms with Crippen molar-refractivity contribution in [2.24, 2.45) is 0 Å². The Bertz CT molecular complexity index is 877. The number of ether oxygens (including phenoxy) is 1. The minimum absolute atomic E-state index is 0.456. The molecule has 0 saturated carbocycles. The maximum atomic E-state index is 8.50. The third-order valence-electron chi connectivity index (χ3n) is 4.26. The second kappa shape index (κ2) is 9.02. The monoisotopic (exact) mass is 348 g/mol. The maximum Gasteiger partial charge on any atom is 0.140 e. The van der Waals surface area contributed by atoms with Crippen LogP contribution in [-0.4, -0.2) is 15.9 Å². The van der Waals surface area contributed by atoms with Gasteiger partial charge in [0.1, 0.15) is 18.0 Å². The van der Waals surface area contributed by atoms with E-state index in [2.05, 4.69) is 41.5 Å². The summed E-state index contributed by atoms with van der Waals surface area (Å²) in [5, 5.41) is 11.9. The molecule has 2 aromatic heterocycles. The van der Waals surface area contributed by atoms with Crippen LogP contribution < -0.4 is 10.1 Å². The van der Waals surface area contributed by atoms with Gasteiger partial charge in [-0.2, -0.15) is 5.26 Å². The molecule has 0 aliphatic heterocycles. The van der Waals surface area contributed by atoms with Crippen molar-refractivity contribution in [2.75, 3.05) is 6.54 Å². The quantitative estimate of drug-likeness (QED) is 0.594. The SMILES string of the molecule is Cc1cccn2cc(COc3ccc(CNCCCCC#N)cc3)nc12. The summed E-state index contributed by atoms with van der Waals surface area (Å²) in [5.41, 5.74) is 4.27. The number of aromatic nitrogens is 2. The highest BCUT2D eigenvalue weighted by Crippen LogP contribution is 2.15. The molecule has 3 aromatic rings. The van der Waals surface area contributed by atoms with Crippen LogP contribution in [0.25, 0.3) is 5.65 Å². The zero-order valence-corrected chi connectivity index (χ0v) is 15.1. The van der Waals surface area contributed by atoms with Crippen LogP contribution in [0.3, 0.4) is 0 Å². The third kappa shape index (κ3) is 4.84. The van der Waals surface area contributed by atoms with Gasteiger partial charge in [0, 0.05) is 25.4 Å². The Balaban J connectivity index is 1.46. The number of nitrogens with zero attached hydrogens (tertiary/aromatic N) is 3. The van der Waals surface area contributed by atoms with Gasteiger partial charge in [0.15, 0.2) is 0 Å². The van der Waals surface area contributed by atoms with E-state index in [-0.39, 0.29) is 0 Å². The number of hydrogen-bond donors (Lipinski definition) is 1. The minimum Gasteiger partial charge on any atom is -0.487 e. The molecule has 0 saturated heterocycles. The normalized spacial score (nSPS) is 10.8. The first kappa shape index (κ1) is 18.0. The van der Waals surface area contributed by atoms with Crippen molar-refractivity contribution in [1.29, 1.82) is 5.26 Å². The Morgan fingerprint density at radius 1 is 1.19 bits per heavy atom. The molecular weight excluding hydrogens is 324 g/mol. The molecule has 134 valence electrons. The van der Waals surface area contributed by atoms with Crippen LogP contribution in [0.5, 0.6) is 5.75 Å². The molecular formula is C21H24N4O. The number of rotatable bonds is 9. The summed E-state index contributed by atoms with van der Waals surface area (Å²) in [6, 6.07) is 14.4. The second-order valence-corrected chi connectivity index (χ2v) is 6.38. The molecule has 0 aliphatic carbocycles. The lowest BCUT2D eigenvalue weighted by Crippen LogP contribution is -2.14. The van der Waals surface area contributed by atoms with Crippen molar-refractivity contribution in [3.63, 3.8) is 0 Å². The van der Waals surface area contributed by atoms with Crippen LogP contribution in [0.1, 0.15) is 36.1 Å². The van der Waals surface area contributed by atoms with Crippen molar-refractivity contribution < 1.29 is 4.74 Å². The first-order valence-electron chi connectivity index (χ1n) is 8.99. The highest BCUT2D eigenvalue weighted by Gasteiger charge is 2.04. The van der Waals surface area contributed by atoms with Gasteiger partial charge in [0.25, 0.3) is 0 Å². The average molecular weight is 348 g/mol. The molecule has 0 amide bonds. The molecule has 0 aliphatic rings. The third-order valence-corrected chi connectivity index (χ3v) is 4.26. The smallest absolute Gasteiger partial charge is 0.140 e. The number of hydrogen-bond acceptors (Lipinski definition) is 4. The number of fused-ring (bicyclic) bond motifs is 1. The van der Waals surface area contributed by atoms with Gasteiger partial charge in [-0.05, 0) is 55.6 Å². The zero-order valence-electron chi connectivity index (χ0n) is 15.1. The van der Waals surface area contributed by atoms with E-state index < -0.39 is 0 Å². The van der Waals surface area contributed by atoms with Crippen LogP contribution in [0, 0.1) is 18.3 Å². The number of pyridine rings is 1. The maximum absolute atomic E-state index is 8.50. The Hall–Kier alpha value is -2.84. The average Bonchev–Trinajstić information content (AvgIpc) is 3.08. The number of unbranched alkanes of at least 4 members (excludes halogenated alkanes) is 2. The summed E-state index contributed by atoms with van der Waals surface area (Å²) < 4.78 is 7.89. The molecule has 0 fully saturated rings. The fourth-order valence-electron chi connectivity index (χ4n) is 2.82. The topological polar surface area (TPSA) is 62.4 Å². The molecule has 5 nitrogen and oxygen atoms in total. The van der Waals surface area contributed by atoms with Gasteiger partial charge >= 0.3 is 0 Å². The lowest BCUT2D eigenvalue weighted by Gasteiger charge is -2.07. The van der Waals surface area contributed by atoms with Gasteiger partial charge in [0.05, 0.1) is 11.8 Å². The van der Waals surface area contributed by atoms with Crippen molar-refractivity contribution in [3.05, 3.63) is 65.6 Å². The van der Waals surface area contributed by atoms with E-state index in [0.29, 0.717) is 13.0 Å². The largest absolute Gasteiger partial charge is 0.487 e. The molecule has 5 heteroatoms. The van der Waals surface area contributed by atoms with E-state index in [4.69, 9.17) is 10.00 Å². The van der Waals surface area contributed by atoms with E-state index in [1.54, 1.807) is 0 Å². The number of aryl methyl sites for hydroxylation is 1. The molecule has 26 heavy (non-hydrogen) atoms. The standard InChI is InChI=1S/C21H24N4O/c1-17-6-5-13-25-15-19(24-21(17)25)16-26-20-9-7-18(8-10-20)14-23-12-4-2-3-11-22/h5-10,13,15,23H,2-4,12,14,16H2,1H3. The predicted octanol–water partition coefficient (Wildman–Crippen LogP) is 4.01. The Morgan fingerprint density at radius 2 is 2.04 bits per heavy atom. The lowest BCUT2D eigenvalue weighted by molar-refractivity contribution is 0.302. The molecule has 0 radical (unpaired) electrons. The van der Waals surface area contributed by atoms with Gasteiger partial charge in [-0.15, -0.1) is 0 Å². The molecule has 0 spiro atoms. The molecule has 3 rings (SSSR count). The fraction of sp³-hybridized carbons (Fsp3) is 0.333. The lowest BCUT2D eigenvalue weighted by atomic mass is 10.2. The Labute approximate surface area is 154 Å². The van der Waals surface area contributed by atoms with E-state index in [0.717, 1.165) is 48.6 Å². The van der Waals surface area contributed by atoms with E-state index in [1.807, 2.05) is 35.0 Å². The van der Waals surface area contributed by atoms with Crippen molar-refractivity contribution in [1.82, 2.24) is 14.7 Å². The summed E-state index contributed by atoms with van der Waals surface area (Å²) >= 11 is 0. The summed E-state index contributed by atoms with van der Waals surface area (Å²) in [7, 11) is 0. The Kier molecular flexibility index (Phi) is 6.24. The van der Waals surface area contributed by atoms with Crippen LogP contribution in [0.4, 0.5) is 0 Å². The zero-order chi connectivity index (χ0) is 18.2. The summed E-state index contributed by atoms with van der Waals surface area (Å²) in [5.74, 6) is 0.844. The fourth-order valence-corrected chi connectivity index (χ4v) is 2.82. The molecule has 2 heterocycles. The first-order valence-corrected chi connectivity index (χ1v) is 8.99. The van der Waals surface area contributed by atoms with E-state index >= 15 is 0 Å². The minimum atomic E-state index is 0.456. The van der Waals surface area contributed by atoms with E-state index in [9.17, 15) is 0 Å². The summed E-state index contributed by atoms with van der Waals surface area (Å²) in [6.07, 6.45) is 6.64. The van der Waals surface area contributed by atoms with Gasteiger partial charge in [-0.25, -0.2) is 4.98 Å². The Morgan fingerprint density at radius 3 is 2.81 bits per heavy atom. The number of nitriles is 1. The first-order chi connectivity index (χ1) is 12.8. The van der Waals surface area contributed by atoms with Crippen LogP contribution in [-0.2, 0) is 13.2 Å². The van der Waals surface area contributed by atoms with Gasteiger partial charge in [-0.1, -0.05) is 18.2 Å². The molecule has 0 atom stereocenters. The van der Waals surface area contributed by atoms with Crippen LogP contribution >= 0.6 is 0 Å². The van der Waals surface area contributed by atoms with Crippen molar-refractivity contribution in [2.45, 2.75) is 39.3 Å². The second-order valence-electron chi connectivity index (χ2n) is 6.38. The summed E-state index contributed by atoms with van der Waals surface area (Å²) in [4.78, 5) is 4.62. The molecule has 0 unspecified atom stereocenters. The number of nitrogens with one attached hydrogen (secondary N) is 1. The predicted molar refractivity (Wildman–Crippen MR) is 102 cm³/mol. The molecule has 1 N–H and O–H groups in total.